The summed E-state index contributed by atoms with van der Waals surface area (Å²) in [5, 5.41) is 9.33. The van der Waals surface area contributed by atoms with E-state index in [0.717, 1.165) is 0 Å². The molecule has 0 aliphatic carbocycles. The number of hydrogen-bond acceptors (Lipinski definition) is 6. The number of aliphatic hydroxyl groups is 1. The molecule has 0 saturated carbocycles. The number of ether oxygens (including phenoxy) is 1. The number of morpholine rings is 1. The van der Waals surface area contributed by atoms with Crippen LogP contribution in [0, 0.1) is 0 Å². The Hall–Kier alpha value is -0.350. The number of nitrogens with zero attached hydrogens (tertiary/aromatic N) is 1. The molecule has 7 nitrogen and oxygen atoms in total. The number of carbonyl (C=O) groups excluding carboxylic acids is 1. The van der Waals surface area contributed by atoms with Crippen LogP contribution in [0.25, 0.3) is 0 Å². The van der Waals surface area contributed by atoms with Crippen molar-refractivity contribution in [3.05, 3.63) is 0 Å². The predicted octanol–water partition coefficient (Wildman–Crippen LogP) is -0.733. The van der Waals surface area contributed by atoms with Gasteiger partial charge in [0.05, 0.1) is 31.6 Å². The largest absolute Gasteiger partial charge is 0.394 e. The molecule has 1 saturated heterocycles. The zero-order valence-corrected chi connectivity index (χ0v) is 14.1. The molecule has 0 aromatic heterocycles. The predicted molar refractivity (Wildman–Crippen MR) is 82.8 cm³/mol. The van der Waals surface area contributed by atoms with Crippen LogP contribution in [0.15, 0.2) is 0 Å². The number of amides is 1. The zero-order valence-electron chi connectivity index (χ0n) is 12.4. The Morgan fingerprint density at radius 2 is 2.29 bits per heavy atom. The minimum absolute atomic E-state index is 0.0669. The summed E-state index contributed by atoms with van der Waals surface area (Å²) in [6.07, 6.45) is 2.33. The second kappa shape index (κ2) is 8.94. The summed E-state index contributed by atoms with van der Waals surface area (Å²) in [4.78, 5) is 14.1. The Morgan fingerprint density at radius 3 is 2.86 bits per heavy atom. The zero-order chi connectivity index (χ0) is 15.9. The smallest absolute Gasteiger partial charge is 0.241 e. The molecule has 9 heteroatoms. The van der Waals surface area contributed by atoms with E-state index >= 15 is 0 Å². The highest BCUT2D eigenvalue weighted by molar-refractivity contribution is 7.98. The normalized spacial score (nSPS) is 21.3. The molecule has 1 heterocycles. The maximum absolute atomic E-state index is 12.6. The summed E-state index contributed by atoms with van der Waals surface area (Å²) in [6, 6.07) is -1.19. The van der Waals surface area contributed by atoms with Crippen LogP contribution >= 0.6 is 11.8 Å². The van der Waals surface area contributed by atoms with Gasteiger partial charge in [-0.1, -0.05) is 0 Å². The lowest BCUT2D eigenvalue weighted by atomic mass is 10.1. The van der Waals surface area contributed by atoms with Crippen molar-refractivity contribution in [3.63, 3.8) is 0 Å². The van der Waals surface area contributed by atoms with Gasteiger partial charge >= 0.3 is 0 Å². The second-order valence-corrected chi connectivity index (χ2v) is 7.83. The summed E-state index contributed by atoms with van der Waals surface area (Å²) >= 11 is 1.55. The number of aliphatic hydroxyl groups excluding tert-OH is 1. The van der Waals surface area contributed by atoms with Gasteiger partial charge in [0, 0.05) is 6.54 Å². The van der Waals surface area contributed by atoms with E-state index in [1.807, 2.05) is 6.26 Å². The highest BCUT2D eigenvalue weighted by Crippen LogP contribution is 2.12. The summed E-state index contributed by atoms with van der Waals surface area (Å²) < 4.78 is 31.2. The van der Waals surface area contributed by atoms with Crippen LogP contribution in [0.1, 0.15) is 13.3 Å². The third kappa shape index (κ3) is 5.74. The third-order valence-corrected chi connectivity index (χ3v) is 5.38. The van der Waals surface area contributed by atoms with E-state index < -0.39 is 22.1 Å². The van der Waals surface area contributed by atoms with Crippen molar-refractivity contribution in [2.45, 2.75) is 25.4 Å². The Kier molecular flexibility index (Phi) is 7.96. The Bertz CT molecular complexity index is 429. The SMILES string of the molecule is CCS(=O)(=O)NC(CCSC)C(=O)N1CCOCC1CO. The second-order valence-electron chi connectivity index (χ2n) is 4.80. The van der Waals surface area contributed by atoms with Crippen LogP contribution < -0.4 is 4.72 Å². The number of rotatable bonds is 8. The third-order valence-electron chi connectivity index (χ3n) is 3.33. The molecule has 0 bridgehead atoms. The maximum Gasteiger partial charge on any atom is 0.241 e. The minimum Gasteiger partial charge on any atom is -0.394 e. The Balaban J connectivity index is 2.82. The first-order valence-corrected chi connectivity index (χ1v) is 9.97. The minimum atomic E-state index is -3.46. The first-order valence-electron chi connectivity index (χ1n) is 6.93. The van der Waals surface area contributed by atoms with Crippen molar-refractivity contribution in [3.8, 4) is 0 Å². The van der Waals surface area contributed by atoms with E-state index in [1.54, 1.807) is 11.8 Å². The molecule has 0 radical (unpaired) electrons. The summed E-state index contributed by atoms with van der Waals surface area (Å²) in [7, 11) is -3.46. The van der Waals surface area contributed by atoms with E-state index in [1.165, 1.54) is 11.8 Å². The number of carbonyl (C=O) groups is 1. The number of nitrogens with one attached hydrogen (secondary N) is 1. The van der Waals surface area contributed by atoms with E-state index in [9.17, 15) is 18.3 Å². The molecule has 2 unspecified atom stereocenters. The average Bonchev–Trinajstić information content (AvgIpc) is 2.50. The van der Waals surface area contributed by atoms with Gasteiger partial charge in [-0.2, -0.15) is 11.8 Å². The maximum atomic E-state index is 12.6. The molecule has 124 valence electrons. The average molecular weight is 340 g/mol. The van der Waals surface area contributed by atoms with Gasteiger partial charge in [0.15, 0.2) is 0 Å². The van der Waals surface area contributed by atoms with E-state index in [-0.39, 0.29) is 24.9 Å². The standard InChI is InChI=1S/C12H24N2O5S2/c1-3-21(17,18)13-11(4-7-20-2)12(16)14-5-6-19-9-10(14)8-15/h10-11,13,15H,3-9H2,1-2H3. The molecular weight excluding hydrogens is 316 g/mol. The molecule has 21 heavy (non-hydrogen) atoms. The van der Waals surface area contributed by atoms with Crippen molar-refractivity contribution in [1.82, 2.24) is 9.62 Å². The van der Waals surface area contributed by atoms with Gasteiger partial charge in [-0.15, -0.1) is 0 Å². The molecular formula is C12H24N2O5S2. The molecule has 1 fully saturated rings. The summed E-state index contributed by atoms with van der Waals surface area (Å²) in [5.74, 6) is 0.322. The van der Waals surface area contributed by atoms with Crippen molar-refractivity contribution in [1.29, 1.82) is 0 Å². The molecule has 0 aromatic carbocycles. The molecule has 1 aliphatic rings. The van der Waals surface area contributed by atoms with Crippen LogP contribution in [-0.2, 0) is 19.6 Å². The molecule has 2 atom stereocenters. The fraction of sp³-hybridized carbons (Fsp3) is 0.917. The quantitative estimate of drug-likeness (QED) is 0.605. The van der Waals surface area contributed by atoms with Gasteiger partial charge in [-0.25, -0.2) is 13.1 Å². The molecule has 1 amide bonds. The first kappa shape index (κ1) is 18.7. The van der Waals surface area contributed by atoms with Crippen LogP contribution in [0.3, 0.4) is 0 Å². The van der Waals surface area contributed by atoms with E-state index in [0.29, 0.717) is 25.3 Å². The summed E-state index contributed by atoms with van der Waals surface area (Å²) in [5.41, 5.74) is 0. The molecule has 1 aliphatic heterocycles. The molecule has 2 N–H and O–H groups in total. The van der Waals surface area contributed by atoms with Crippen LogP contribution in [0.5, 0.6) is 0 Å². The molecule has 0 spiro atoms. The lowest BCUT2D eigenvalue weighted by molar-refractivity contribution is -0.143. The van der Waals surface area contributed by atoms with Gasteiger partial charge in [0.2, 0.25) is 15.9 Å². The van der Waals surface area contributed by atoms with Crippen molar-refractivity contribution >= 4 is 27.7 Å². The van der Waals surface area contributed by atoms with Gasteiger partial charge in [0.25, 0.3) is 0 Å². The van der Waals surface area contributed by atoms with Gasteiger partial charge in [-0.05, 0) is 25.4 Å². The van der Waals surface area contributed by atoms with E-state index in [2.05, 4.69) is 4.72 Å². The van der Waals surface area contributed by atoms with Gasteiger partial charge < -0.3 is 14.7 Å². The molecule has 0 aromatic rings. The van der Waals surface area contributed by atoms with Gasteiger partial charge in [-0.3, -0.25) is 4.79 Å². The fourth-order valence-corrected chi connectivity index (χ4v) is 3.36. The molecule has 1 rings (SSSR count). The Labute approximate surface area is 130 Å². The summed E-state index contributed by atoms with van der Waals surface area (Å²) in [6.45, 7) is 2.38. The van der Waals surface area contributed by atoms with Crippen molar-refractivity contribution in [2.24, 2.45) is 0 Å². The monoisotopic (exact) mass is 340 g/mol. The lowest BCUT2D eigenvalue weighted by Crippen LogP contribution is -2.57. The fourth-order valence-electron chi connectivity index (χ4n) is 2.06. The highest BCUT2D eigenvalue weighted by atomic mass is 32.2. The van der Waals surface area contributed by atoms with Crippen molar-refractivity contribution < 1.29 is 23.1 Å². The lowest BCUT2D eigenvalue weighted by Gasteiger charge is -2.36. The van der Waals surface area contributed by atoms with E-state index in [4.69, 9.17) is 4.74 Å². The first-order chi connectivity index (χ1) is 9.95. The number of hydrogen-bond donors (Lipinski definition) is 2. The number of thioether (sulfide) groups is 1. The Morgan fingerprint density at radius 1 is 1.57 bits per heavy atom. The topological polar surface area (TPSA) is 95.9 Å². The van der Waals surface area contributed by atoms with Crippen LogP contribution in [0.4, 0.5) is 0 Å². The van der Waals surface area contributed by atoms with Crippen molar-refractivity contribution in [2.75, 3.05) is 44.1 Å². The van der Waals surface area contributed by atoms with Gasteiger partial charge in [0.1, 0.15) is 6.04 Å². The van der Waals surface area contributed by atoms with Crippen LogP contribution in [0.2, 0.25) is 0 Å². The number of sulfonamides is 1. The van der Waals surface area contributed by atoms with Crippen LogP contribution in [-0.4, -0.2) is 80.5 Å². The highest BCUT2D eigenvalue weighted by Gasteiger charge is 2.33.